The zero-order valence-corrected chi connectivity index (χ0v) is 19.3. The number of nitrogens with one attached hydrogen (secondary N) is 1. The van der Waals surface area contributed by atoms with Crippen LogP contribution in [0, 0.1) is 13.8 Å². The maximum Gasteiger partial charge on any atom is 0.241 e. The van der Waals surface area contributed by atoms with E-state index in [-0.39, 0.29) is 11.8 Å². The Bertz CT molecular complexity index is 1010. The number of aryl methyl sites for hydroxylation is 2. The molecule has 164 valence electrons. The van der Waals surface area contributed by atoms with Gasteiger partial charge in [-0.05, 0) is 42.7 Å². The summed E-state index contributed by atoms with van der Waals surface area (Å²) in [7, 11) is 0. The molecule has 2 aromatic carbocycles. The maximum absolute atomic E-state index is 12.0. The minimum absolute atomic E-state index is 0.238. The molecule has 9 heteroatoms. The Balaban J connectivity index is 1.62. The third kappa shape index (κ3) is 5.71. The highest BCUT2D eigenvalue weighted by Gasteiger charge is 2.32. The van der Waals surface area contributed by atoms with E-state index < -0.39 is 5.37 Å². The van der Waals surface area contributed by atoms with Crippen LogP contribution in [0.3, 0.4) is 0 Å². The Morgan fingerprint density at radius 3 is 2.42 bits per heavy atom. The van der Waals surface area contributed by atoms with Gasteiger partial charge in [0.15, 0.2) is 5.17 Å². The van der Waals surface area contributed by atoms with Crippen LogP contribution in [0.2, 0.25) is 5.02 Å². The Labute approximate surface area is 190 Å². The fourth-order valence-electron chi connectivity index (χ4n) is 3.09. The second kappa shape index (κ2) is 10.1. The summed E-state index contributed by atoms with van der Waals surface area (Å²) in [6, 6.07) is 11.3. The second-order valence-electron chi connectivity index (χ2n) is 7.03. The number of amidine groups is 1. The number of ether oxygens (including phenoxy) is 2. The number of hydrazone groups is 1. The van der Waals surface area contributed by atoms with Crippen molar-refractivity contribution in [2.75, 3.05) is 13.2 Å². The number of amides is 2. The van der Waals surface area contributed by atoms with Gasteiger partial charge in [0.05, 0.1) is 5.02 Å². The third-order valence-corrected chi connectivity index (χ3v) is 5.88. The molecule has 0 unspecified atom stereocenters. The number of para-hydroxylation sites is 1. The van der Waals surface area contributed by atoms with Crippen LogP contribution in [0.4, 0.5) is 0 Å². The van der Waals surface area contributed by atoms with Crippen LogP contribution in [-0.2, 0) is 9.59 Å². The smallest absolute Gasteiger partial charge is 0.241 e. The Morgan fingerprint density at radius 2 is 1.81 bits per heavy atom. The first-order valence-corrected chi connectivity index (χ1v) is 11.0. The number of hydrogen-bond acceptors (Lipinski definition) is 6. The summed E-state index contributed by atoms with van der Waals surface area (Å²) in [5.74, 6) is 0.902. The third-order valence-electron chi connectivity index (χ3n) is 4.49. The molecule has 2 amide bonds. The highest BCUT2D eigenvalue weighted by Crippen LogP contribution is 2.40. The van der Waals surface area contributed by atoms with Crippen molar-refractivity contribution in [3.8, 4) is 11.5 Å². The molecule has 0 radical (unpaired) electrons. The zero-order chi connectivity index (χ0) is 22.5. The summed E-state index contributed by atoms with van der Waals surface area (Å²) in [4.78, 5) is 23.3. The van der Waals surface area contributed by atoms with Gasteiger partial charge in [0, 0.05) is 13.8 Å². The van der Waals surface area contributed by atoms with Crippen molar-refractivity contribution in [1.29, 1.82) is 0 Å². The van der Waals surface area contributed by atoms with Gasteiger partial charge in [-0.25, -0.2) is 5.01 Å². The molecule has 0 aromatic heterocycles. The van der Waals surface area contributed by atoms with Crippen LogP contribution in [0.15, 0.2) is 41.5 Å². The molecule has 3 rings (SSSR count). The van der Waals surface area contributed by atoms with Crippen molar-refractivity contribution in [3.63, 3.8) is 0 Å². The molecule has 1 aliphatic heterocycles. The quantitative estimate of drug-likeness (QED) is 0.644. The van der Waals surface area contributed by atoms with Crippen molar-refractivity contribution in [2.24, 2.45) is 5.10 Å². The topological polar surface area (TPSA) is 80.2 Å². The summed E-state index contributed by atoms with van der Waals surface area (Å²) in [5, 5.41) is 8.49. The molecule has 0 saturated heterocycles. The summed E-state index contributed by atoms with van der Waals surface area (Å²) >= 11 is 7.69. The van der Waals surface area contributed by atoms with E-state index in [4.69, 9.17) is 21.1 Å². The van der Waals surface area contributed by atoms with E-state index in [9.17, 15) is 9.59 Å². The molecule has 0 aliphatic carbocycles. The van der Waals surface area contributed by atoms with E-state index in [1.54, 1.807) is 12.1 Å². The molecule has 1 heterocycles. The molecule has 1 aliphatic rings. The van der Waals surface area contributed by atoms with Gasteiger partial charge in [-0.3, -0.25) is 9.59 Å². The Hall–Kier alpha value is -2.71. The van der Waals surface area contributed by atoms with E-state index in [2.05, 4.69) is 10.4 Å². The van der Waals surface area contributed by atoms with E-state index in [1.165, 1.54) is 30.6 Å². The zero-order valence-electron chi connectivity index (χ0n) is 17.8. The van der Waals surface area contributed by atoms with Crippen LogP contribution in [0.5, 0.6) is 11.5 Å². The first-order valence-electron chi connectivity index (χ1n) is 9.70. The Morgan fingerprint density at radius 1 is 1.13 bits per heavy atom. The maximum atomic E-state index is 12.0. The molecule has 0 bridgehead atoms. The fraction of sp³-hybridized carbons (Fsp3) is 0.318. The standard InChI is InChI=1S/C22H24ClN3O4S/c1-13-6-5-7-14(2)20(13)30-11-10-29-19-9-8-17(12-18(19)23)21-26(16(4)28)25-22(31-21)24-15(3)27/h5-9,12,21H,10-11H2,1-4H3,(H,24,25,27)/t21-/m1/s1. The van der Waals surface area contributed by atoms with Crippen LogP contribution in [-0.4, -0.2) is 35.2 Å². The van der Waals surface area contributed by atoms with Gasteiger partial charge in [-0.15, -0.1) is 5.10 Å². The number of carbonyl (C=O) groups is 2. The van der Waals surface area contributed by atoms with Gasteiger partial charge in [0.1, 0.15) is 30.1 Å². The fourth-order valence-corrected chi connectivity index (χ4v) is 4.46. The number of carbonyl (C=O) groups excluding carboxylic acids is 2. The van der Waals surface area contributed by atoms with E-state index >= 15 is 0 Å². The summed E-state index contributed by atoms with van der Waals surface area (Å²) in [6.45, 7) is 7.54. The molecular weight excluding hydrogens is 438 g/mol. The minimum Gasteiger partial charge on any atom is -0.489 e. The average Bonchev–Trinajstić information content (AvgIpc) is 3.11. The normalized spacial score (nSPS) is 15.5. The van der Waals surface area contributed by atoms with Gasteiger partial charge < -0.3 is 14.8 Å². The monoisotopic (exact) mass is 461 g/mol. The van der Waals surface area contributed by atoms with Gasteiger partial charge in [0.25, 0.3) is 0 Å². The van der Waals surface area contributed by atoms with E-state index in [0.29, 0.717) is 29.2 Å². The lowest BCUT2D eigenvalue weighted by atomic mass is 10.1. The van der Waals surface area contributed by atoms with Crippen LogP contribution in [0.25, 0.3) is 0 Å². The SMILES string of the molecule is CC(=O)NC1=NN(C(C)=O)[C@@H](c2ccc(OCCOc3c(C)cccc3C)c(Cl)c2)S1. The molecule has 2 aromatic rings. The number of hydrogen-bond donors (Lipinski definition) is 1. The number of rotatable bonds is 6. The van der Waals surface area contributed by atoms with Crippen molar-refractivity contribution >= 4 is 40.3 Å². The van der Waals surface area contributed by atoms with Gasteiger partial charge >= 0.3 is 0 Å². The molecular formula is C22H24ClN3O4S. The summed E-state index contributed by atoms with van der Waals surface area (Å²) in [5.41, 5.74) is 2.92. The summed E-state index contributed by atoms with van der Waals surface area (Å²) in [6.07, 6.45) is 0. The van der Waals surface area contributed by atoms with Crippen LogP contribution < -0.4 is 14.8 Å². The van der Waals surface area contributed by atoms with E-state index in [1.807, 2.05) is 38.1 Å². The molecule has 0 fully saturated rings. The predicted octanol–water partition coefficient (Wildman–Crippen LogP) is 4.42. The lowest BCUT2D eigenvalue weighted by Crippen LogP contribution is -2.25. The Kier molecular flexibility index (Phi) is 7.46. The van der Waals surface area contributed by atoms with Crippen molar-refractivity contribution < 1.29 is 19.1 Å². The first kappa shape index (κ1) is 23.0. The van der Waals surface area contributed by atoms with Gasteiger partial charge in [0.2, 0.25) is 11.8 Å². The molecule has 7 nitrogen and oxygen atoms in total. The number of benzene rings is 2. The lowest BCUT2D eigenvalue weighted by molar-refractivity contribution is -0.129. The van der Waals surface area contributed by atoms with Crippen molar-refractivity contribution in [2.45, 2.75) is 33.1 Å². The minimum atomic E-state index is -0.418. The predicted molar refractivity (Wildman–Crippen MR) is 122 cm³/mol. The molecule has 0 spiro atoms. The van der Waals surface area contributed by atoms with Crippen molar-refractivity contribution in [1.82, 2.24) is 10.3 Å². The largest absolute Gasteiger partial charge is 0.489 e. The van der Waals surface area contributed by atoms with Crippen molar-refractivity contribution in [3.05, 3.63) is 58.1 Å². The van der Waals surface area contributed by atoms with Crippen LogP contribution >= 0.6 is 23.4 Å². The molecule has 1 atom stereocenters. The number of nitrogens with zero attached hydrogens (tertiary/aromatic N) is 2. The highest BCUT2D eigenvalue weighted by atomic mass is 35.5. The average molecular weight is 462 g/mol. The first-order chi connectivity index (χ1) is 14.8. The molecule has 0 saturated carbocycles. The molecule has 31 heavy (non-hydrogen) atoms. The molecule has 1 N–H and O–H groups in total. The van der Waals surface area contributed by atoms with Gasteiger partial charge in [-0.1, -0.05) is 47.6 Å². The highest BCUT2D eigenvalue weighted by molar-refractivity contribution is 8.14. The number of halogens is 1. The lowest BCUT2D eigenvalue weighted by Gasteiger charge is -2.20. The van der Waals surface area contributed by atoms with E-state index in [0.717, 1.165) is 22.4 Å². The second-order valence-corrected chi connectivity index (χ2v) is 8.50. The van der Waals surface area contributed by atoms with Gasteiger partial charge in [-0.2, -0.15) is 0 Å². The summed E-state index contributed by atoms with van der Waals surface area (Å²) < 4.78 is 11.6. The van der Waals surface area contributed by atoms with Crippen LogP contribution in [0.1, 0.15) is 35.9 Å². The number of thioether (sulfide) groups is 1.